The number of piperazine rings is 1. The van der Waals surface area contributed by atoms with Crippen molar-refractivity contribution in [3.05, 3.63) is 70.9 Å². The van der Waals surface area contributed by atoms with Gasteiger partial charge in [-0.3, -0.25) is 0 Å². The predicted octanol–water partition coefficient (Wildman–Crippen LogP) is 5.65. The van der Waals surface area contributed by atoms with Crippen molar-refractivity contribution in [2.45, 2.75) is 25.6 Å². The quantitative estimate of drug-likeness (QED) is 0.238. The summed E-state index contributed by atoms with van der Waals surface area (Å²) in [5.74, 6) is -2.28. The van der Waals surface area contributed by atoms with E-state index < -0.39 is 34.5 Å². The van der Waals surface area contributed by atoms with Crippen LogP contribution in [-0.2, 0) is 19.6 Å². The van der Waals surface area contributed by atoms with E-state index in [1.165, 1.54) is 16.4 Å². The maximum Gasteiger partial charge on any atom is 0.419 e. The molecular weight excluding hydrogens is 523 g/mol. The van der Waals surface area contributed by atoms with Crippen molar-refractivity contribution in [1.82, 2.24) is 24.1 Å². The lowest BCUT2D eigenvalue weighted by molar-refractivity contribution is -0.140. The van der Waals surface area contributed by atoms with Crippen molar-refractivity contribution < 1.29 is 22.0 Å². The SMILES string of the molecule is CSN1CCN(c2ncc3c(-c4cc(C(F)(F)F)c(F)c(C)c4F)nn(C)c3n2)CC1Cc1ccccc1. The van der Waals surface area contributed by atoms with E-state index in [4.69, 9.17) is 0 Å². The minimum atomic E-state index is -4.99. The molecule has 200 valence electrons. The maximum absolute atomic E-state index is 15.0. The van der Waals surface area contributed by atoms with Crippen molar-refractivity contribution in [2.24, 2.45) is 7.05 Å². The third-order valence-electron chi connectivity index (χ3n) is 6.81. The predicted molar refractivity (Wildman–Crippen MR) is 138 cm³/mol. The van der Waals surface area contributed by atoms with E-state index in [0.717, 1.165) is 19.9 Å². The highest BCUT2D eigenvalue weighted by Crippen LogP contribution is 2.39. The van der Waals surface area contributed by atoms with Crippen LogP contribution in [-0.4, -0.2) is 56.0 Å². The van der Waals surface area contributed by atoms with Crippen LogP contribution in [0.1, 0.15) is 16.7 Å². The van der Waals surface area contributed by atoms with Crippen molar-refractivity contribution in [2.75, 3.05) is 30.8 Å². The molecule has 0 bridgehead atoms. The molecule has 1 fully saturated rings. The number of rotatable bonds is 5. The lowest BCUT2D eigenvalue weighted by atomic mass is 10.0. The van der Waals surface area contributed by atoms with Gasteiger partial charge in [-0.1, -0.05) is 42.3 Å². The molecule has 6 nitrogen and oxygen atoms in total. The van der Waals surface area contributed by atoms with Crippen molar-refractivity contribution in [3.63, 3.8) is 0 Å². The highest BCUT2D eigenvalue weighted by atomic mass is 32.2. The molecule has 0 radical (unpaired) electrons. The molecule has 3 heterocycles. The number of halogens is 5. The largest absolute Gasteiger partial charge is 0.419 e. The summed E-state index contributed by atoms with van der Waals surface area (Å²) in [7, 11) is 1.57. The zero-order valence-electron chi connectivity index (χ0n) is 20.9. The number of alkyl halides is 3. The van der Waals surface area contributed by atoms with Crippen LogP contribution in [0.25, 0.3) is 22.3 Å². The molecule has 0 amide bonds. The first-order chi connectivity index (χ1) is 18.1. The molecule has 0 saturated carbocycles. The first kappa shape index (κ1) is 26.4. The number of fused-ring (bicyclic) bond motifs is 1. The van der Waals surface area contributed by atoms with Crippen LogP contribution in [0.5, 0.6) is 0 Å². The standard InChI is InChI=1S/C26H25F5N6S/c1-15-21(27)18(12-20(22(15)28)26(29,30)31)23-19-13-32-25(33-24(19)35(2)34-23)36-9-10-37(38-3)17(14-36)11-16-7-5-4-6-8-16/h4-8,12-13,17H,9-11,14H2,1-3H3. The first-order valence-corrected chi connectivity index (χ1v) is 13.1. The zero-order valence-corrected chi connectivity index (χ0v) is 21.7. The molecular formula is C26H25F5N6S. The average molecular weight is 549 g/mol. The lowest BCUT2D eigenvalue weighted by Crippen LogP contribution is -2.51. The summed E-state index contributed by atoms with van der Waals surface area (Å²) in [6.07, 6.45) is -0.645. The molecule has 1 atom stereocenters. The molecule has 2 aromatic heterocycles. The van der Waals surface area contributed by atoms with Crippen LogP contribution in [0, 0.1) is 18.6 Å². The molecule has 1 aliphatic heterocycles. The molecule has 2 aromatic carbocycles. The van der Waals surface area contributed by atoms with Crippen molar-refractivity contribution in [3.8, 4) is 11.3 Å². The molecule has 4 aromatic rings. The molecule has 0 spiro atoms. The summed E-state index contributed by atoms with van der Waals surface area (Å²) in [5, 5.41) is 4.53. The summed E-state index contributed by atoms with van der Waals surface area (Å²) >= 11 is 1.69. The number of benzene rings is 2. The van der Waals surface area contributed by atoms with E-state index in [9.17, 15) is 17.6 Å². The molecule has 1 saturated heterocycles. The second kappa shape index (κ2) is 10.1. The summed E-state index contributed by atoms with van der Waals surface area (Å²) in [6, 6.07) is 10.9. The third kappa shape index (κ3) is 4.82. The summed E-state index contributed by atoms with van der Waals surface area (Å²) < 4.78 is 73.2. The molecule has 12 heteroatoms. The monoisotopic (exact) mass is 548 g/mol. The Bertz CT molecular complexity index is 1470. The number of aromatic nitrogens is 4. The number of hydrogen-bond acceptors (Lipinski definition) is 6. The Labute approximate surface area is 220 Å². The highest BCUT2D eigenvalue weighted by molar-refractivity contribution is 7.96. The van der Waals surface area contributed by atoms with Gasteiger partial charge in [0.15, 0.2) is 5.65 Å². The van der Waals surface area contributed by atoms with Gasteiger partial charge in [0.25, 0.3) is 0 Å². The van der Waals surface area contributed by atoms with Gasteiger partial charge in [0.05, 0.1) is 10.9 Å². The van der Waals surface area contributed by atoms with Gasteiger partial charge >= 0.3 is 6.18 Å². The van der Waals surface area contributed by atoms with Crippen LogP contribution in [0.2, 0.25) is 0 Å². The third-order valence-corrected chi connectivity index (χ3v) is 7.76. The molecule has 5 rings (SSSR count). The van der Waals surface area contributed by atoms with Crippen molar-refractivity contribution >= 4 is 28.9 Å². The van der Waals surface area contributed by atoms with Gasteiger partial charge in [-0.2, -0.15) is 23.3 Å². The van der Waals surface area contributed by atoms with E-state index in [1.807, 2.05) is 24.5 Å². The second-order valence-electron chi connectivity index (χ2n) is 9.21. The minimum Gasteiger partial charge on any atom is -0.338 e. The average Bonchev–Trinajstić information content (AvgIpc) is 3.22. The number of nitrogens with zero attached hydrogens (tertiary/aromatic N) is 6. The van der Waals surface area contributed by atoms with Crippen LogP contribution in [0.15, 0.2) is 42.6 Å². The Hall–Kier alpha value is -3.25. The van der Waals surface area contributed by atoms with Gasteiger partial charge in [0.2, 0.25) is 5.95 Å². The first-order valence-electron chi connectivity index (χ1n) is 11.9. The second-order valence-corrected chi connectivity index (χ2v) is 10.0. The van der Waals surface area contributed by atoms with Gasteiger partial charge in [0.1, 0.15) is 17.3 Å². The van der Waals surface area contributed by atoms with Gasteiger partial charge in [0, 0.05) is 50.0 Å². The van der Waals surface area contributed by atoms with Crippen LogP contribution in [0.4, 0.5) is 27.9 Å². The molecule has 1 unspecified atom stereocenters. The molecule has 1 aliphatic rings. The van der Waals surface area contributed by atoms with E-state index >= 15 is 4.39 Å². The van der Waals surface area contributed by atoms with E-state index in [0.29, 0.717) is 30.8 Å². The van der Waals surface area contributed by atoms with E-state index in [1.54, 1.807) is 19.0 Å². The van der Waals surface area contributed by atoms with Gasteiger partial charge in [-0.25, -0.2) is 22.8 Å². The van der Waals surface area contributed by atoms with Crippen LogP contribution >= 0.6 is 11.9 Å². The van der Waals surface area contributed by atoms with Gasteiger partial charge < -0.3 is 4.90 Å². The van der Waals surface area contributed by atoms with Crippen LogP contribution < -0.4 is 4.90 Å². The Kier molecular flexibility index (Phi) is 7.03. The lowest BCUT2D eigenvalue weighted by Gasteiger charge is -2.40. The Balaban J connectivity index is 1.50. The highest BCUT2D eigenvalue weighted by Gasteiger charge is 2.37. The van der Waals surface area contributed by atoms with Gasteiger partial charge in [-0.05, 0) is 31.2 Å². The summed E-state index contributed by atoms with van der Waals surface area (Å²) in [5.41, 5.74) is -1.22. The topological polar surface area (TPSA) is 50.1 Å². The zero-order chi connectivity index (χ0) is 27.2. The Morgan fingerprint density at radius 1 is 1.08 bits per heavy atom. The van der Waals surface area contributed by atoms with E-state index in [2.05, 4.69) is 36.4 Å². The molecule has 0 aliphatic carbocycles. The van der Waals surface area contributed by atoms with Crippen molar-refractivity contribution in [1.29, 1.82) is 0 Å². The Morgan fingerprint density at radius 2 is 1.82 bits per heavy atom. The molecule has 0 N–H and O–H groups in total. The fourth-order valence-electron chi connectivity index (χ4n) is 4.84. The molecule has 38 heavy (non-hydrogen) atoms. The van der Waals surface area contributed by atoms with Gasteiger partial charge in [-0.15, -0.1) is 0 Å². The number of aryl methyl sites for hydroxylation is 1. The summed E-state index contributed by atoms with van der Waals surface area (Å²) in [6.45, 7) is 3.12. The maximum atomic E-state index is 15.0. The van der Waals surface area contributed by atoms with E-state index in [-0.39, 0.29) is 17.1 Å². The number of hydrogen-bond donors (Lipinski definition) is 0. The fraction of sp³-hybridized carbons (Fsp3) is 0.346. The number of anilines is 1. The summed E-state index contributed by atoms with van der Waals surface area (Å²) in [4.78, 5) is 11.2. The smallest absolute Gasteiger partial charge is 0.338 e. The normalized spacial score (nSPS) is 16.9. The minimum absolute atomic E-state index is 0.0747. The van der Waals surface area contributed by atoms with Crippen LogP contribution in [0.3, 0.4) is 0 Å². The fourth-order valence-corrected chi connectivity index (χ4v) is 5.55. The Morgan fingerprint density at radius 3 is 2.50 bits per heavy atom.